The summed E-state index contributed by atoms with van der Waals surface area (Å²) in [4.78, 5) is 47.0. The number of carboxylic acids is 1. The molecule has 1 rings (SSSR count). The lowest BCUT2D eigenvalue weighted by atomic mass is 10.1. The van der Waals surface area contributed by atoms with Crippen molar-refractivity contribution in [1.29, 1.82) is 0 Å². The molecule has 0 aromatic carbocycles. The van der Waals surface area contributed by atoms with E-state index >= 15 is 0 Å². The van der Waals surface area contributed by atoms with Gasteiger partial charge in [0.05, 0.1) is 13.0 Å². The van der Waals surface area contributed by atoms with Crippen LogP contribution in [0.1, 0.15) is 19.8 Å². The Bertz CT molecular complexity index is 426. The van der Waals surface area contributed by atoms with Crippen LogP contribution >= 0.6 is 0 Å². The molecule has 0 aliphatic carbocycles. The van der Waals surface area contributed by atoms with Crippen LogP contribution in [0.5, 0.6) is 0 Å². The number of aliphatic carboxylic acids is 1. The summed E-state index contributed by atoms with van der Waals surface area (Å²) < 4.78 is 0. The molecule has 4 N–H and O–H groups in total. The van der Waals surface area contributed by atoms with E-state index in [0.717, 1.165) is 6.42 Å². The Hall–Kier alpha value is -2.16. The van der Waals surface area contributed by atoms with Gasteiger partial charge in [0.2, 0.25) is 11.8 Å². The second-order valence-corrected chi connectivity index (χ2v) is 4.68. The number of nitrogens with zero attached hydrogens (tertiary/aromatic N) is 1. The molecule has 118 valence electrons. The van der Waals surface area contributed by atoms with Crippen molar-refractivity contribution in [3.05, 3.63) is 0 Å². The van der Waals surface area contributed by atoms with E-state index in [1.165, 1.54) is 4.90 Å². The lowest BCUT2D eigenvalue weighted by Gasteiger charge is -2.33. The number of hydrogen-bond acceptors (Lipinski definition) is 5. The predicted octanol–water partition coefficient (Wildman–Crippen LogP) is -1.50. The number of rotatable bonds is 6. The number of carbonyl (C=O) groups excluding carboxylic acids is 3. The average Bonchev–Trinajstić information content (AvgIpc) is 2.40. The molecule has 4 amide bonds. The first-order valence-corrected chi connectivity index (χ1v) is 6.75. The van der Waals surface area contributed by atoms with Gasteiger partial charge in [0.15, 0.2) is 0 Å². The smallest absolute Gasteiger partial charge is 0.321 e. The van der Waals surface area contributed by atoms with E-state index in [1.54, 1.807) is 0 Å². The van der Waals surface area contributed by atoms with Crippen molar-refractivity contribution in [1.82, 2.24) is 20.9 Å². The third kappa shape index (κ3) is 5.78. The molecule has 1 atom stereocenters. The highest BCUT2D eigenvalue weighted by molar-refractivity contribution is 5.95. The molecule has 9 nitrogen and oxygen atoms in total. The minimum absolute atomic E-state index is 0.203. The molecule has 0 saturated carbocycles. The summed E-state index contributed by atoms with van der Waals surface area (Å²) >= 11 is 0. The average molecular weight is 300 g/mol. The standard InChI is InChI=1S/C12H20N4O5/c1-2-3-14-12(21)15-9(17)7-16-5-4-13-11(20)8(16)6-10(18)19/h8H,2-7H2,1H3,(H,13,20)(H,18,19)(H2,14,15,17,21). The summed E-state index contributed by atoms with van der Waals surface area (Å²) in [6.07, 6.45) is 0.357. The lowest BCUT2D eigenvalue weighted by Crippen LogP contribution is -2.58. The van der Waals surface area contributed by atoms with Crippen LogP contribution < -0.4 is 16.0 Å². The Morgan fingerprint density at radius 1 is 1.43 bits per heavy atom. The SMILES string of the molecule is CCCNC(=O)NC(=O)CN1CCNC(=O)C1CC(=O)O. The number of urea groups is 1. The van der Waals surface area contributed by atoms with Gasteiger partial charge in [-0.1, -0.05) is 6.92 Å². The largest absolute Gasteiger partial charge is 0.481 e. The first-order chi connectivity index (χ1) is 9.93. The van der Waals surface area contributed by atoms with Crippen molar-refractivity contribution in [3.8, 4) is 0 Å². The zero-order chi connectivity index (χ0) is 15.8. The molecule has 0 spiro atoms. The molecule has 0 bridgehead atoms. The maximum atomic E-state index is 11.7. The maximum Gasteiger partial charge on any atom is 0.321 e. The molecule has 1 heterocycles. The van der Waals surface area contributed by atoms with Crippen LogP contribution in [0.4, 0.5) is 4.79 Å². The number of piperazine rings is 1. The zero-order valence-corrected chi connectivity index (χ0v) is 11.8. The Balaban J connectivity index is 2.53. The molecular formula is C12H20N4O5. The summed E-state index contributed by atoms with van der Waals surface area (Å²) in [5.41, 5.74) is 0. The van der Waals surface area contributed by atoms with E-state index in [4.69, 9.17) is 5.11 Å². The van der Waals surface area contributed by atoms with E-state index in [-0.39, 0.29) is 13.0 Å². The summed E-state index contributed by atoms with van der Waals surface area (Å²) in [5.74, 6) is -2.12. The number of nitrogens with one attached hydrogen (secondary N) is 3. The van der Waals surface area contributed by atoms with E-state index in [2.05, 4.69) is 16.0 Å². The first-order valence-electron chi connectivity index (χ1n) is 6.75. The molecule has 0 aromatic rings. The van der Waals surface area contributed by atoms with Gasteiger partial charge < -0.3 is 15.7 Å². The molecule has 1 unspecified atom stereocenters. The van der Waals surface area contributed by atoms with Gasteiger partial charge in [-0.3, -0.25) is 24.6 Å². The van der Waals surface area contributed by atoms with E-state index < -0.39 is 29.9 Å². The van der Waals surface area contributed by atoms with Gasteiger partial charge in [-0.25, -0.2) is 4.79 Å². The van der Waals surface area contributed by atoms with Gasteiger partial charge in [0.1, 0.15) is 6.04 Å². The molecular weight excluding hydrogens is 280 g/mol. The molecule has 1 fully saturated rings. The Morgan fingerprint density at radius 2 is 2.14 bits per heavy atom. The lowest BCUT2D eigenvalue weighted by molar-refractivity contribution is -0.144. The Labute approximate surface area is 122 Å². The van der Waals surface area contributed by atoms with Gasteiger partial charge in [0, 0.05) is 19.6 Å². The van der Waals surface area contributed by atoms with Crippen molar-refractivity contribution in [2.75, 3.05) is 26.2 Å². The van der Waals surface area contributed by atoms with Crippen molar-refractivity contribution < 1.29 is 24.3 Å². The summed E-state index contributed by atoms with van der Waals surface area (Å²) in [7, 11) is 0. The number of imide groups is 1. The van der Waals surface area contributed by atoms with Gasteiger partial charge in [-0.05, 0) is 6.42 Å². The summed E-state index contributed by atoms with van der Waals surface area (Å²) in [6.45, 7) is 2.82. The fourth-order valence-corrected chi connectivity index (χ4v) is 1.97. The number of carboxylic acid groups (broad SMARTS) is 1. The minimum atomic E-state index is -1.12. The van der Waals surface area contributed by atoms with Crippen molar-refractivity contribution in [3.63, 3.8) is 0 Å². The number of carbonyl (C=O) groups is 4. The van der Waals surface area contributed by atoms with Crippen LogP contribution in [0.15, 0.2) is 0 Å². The first kappa shape index (κ1) is 16.9. The molecule has 1 aliphatic rings. The van der Waals surface area contributed by atoms with Crippen LogP contribution in [0, 0.1) is 0 Å². The van der Waals surface area contributed by atoms with Crippen molar-refractivity contribution >= 4 is 23.8 Å². The highest BCUT2D eigenvalue weighted by Crippen LogP contribution is 2.08. The van der Waals surface area contributed by atoms with E-state index in [0.29, 0.717) is 19.6 Å². The van der Waals surface area contributed by atoms with Crippen LogP contribution in [0.3, 0.4) is 0 Å². The fraction of sp³-hybridized carbons (Fsp3) is 0.667. The topological polar surface area (TPSA) is 128 Å². The van der Waals surface area contributed by atoms with Gasteiger partial charge >= 0.3 is 12.0 Å². The second kappa shape index (κ2) is 8.20. The third-order valence-corrected chi connectivity index (χ3v) is 2.94. The maximum absolute atomic E-state index is 11.7. The molecule has 1 aliphatic heterocycles. The van der Waals surface area contributed by atoms with Gasteiger partial charge in [-0.15, -0.1) is 0 Å². The predicted molar refractivity (Wildman–Crippen MR) is 72.5 cm³/mol. The minimum Gasteiger partial charge on any atom is -0.481 e. The van der Waals surface area contributed by atoms with E-state index in [1.807, 2.05) is 6.92 Å². The van der Waals surface area contributed by atoms with Crippen LogP contribution in [0.25, 0.3) is 0 Å². The van der Waals surface area contributed by atoms with Crippen LogP contribution in [-0.2, 0) is 14.4 Å². The van der Waals surface area contributed by atoms with Crippen LogP contribution in [-0.4, -0.2) is 66.0 Å². The normalized spacial score (nSPS) is 18.7. The number of hydrogen-bond donors (Lipinski definition) is 4. The molecule has 0 radical (unpaired) electrons. The van der Waals surface area contributed by atoms with Crippen LogP contribution in [0.2, 0.25) is 0 Å². The zero-order valence-electron chi connectivity index (χ0n) is 11.8. The third-order valence-electron chi connectivity index (χ3n) is 2.94. The monoisotopic (exact) mass is 300 g/mol. The highest BCUT2D eigenvalue weighted by Gasteiger charge is 2.32. The van der Waals surface area contributed by atoms with Crippen molar-refractivity contribution in [2.24, 2.45) is 0 Å². The fourth-order valence-electron chi connectivity index (χ4n) is 1.97. The van der Waals surface area contributed by atoms with Crippen molar-refractivity contribution in [2.45, 2.75) is 25.8 Å². The quantitative estimate of drug-likeness (QED) is 0.472. The molecule has 0 aromatic heterocycles. The Kier molecular flexibility index (Phi) is 6.60. The molecule has 1 saturated heterocycles. The summed E-state index contributed by atoms with van der Waals surface area (Å²) in [5, 5.41) is 16.0. The number of amides is 4. The highest BCUT2D eigenvalue weighted by atomic mass is 16.4. The van der Waals surface area contributed by atoms with E-state index in [9.17, 15) is 19.2 Å². The molecule has 9 heteroatoms. The van der Waals surface area contributed by atoms with Gasteiger partial charge in [-0.2, -0.15) is 0 Å². The molecule has 21 heavy (non-hydrogen) atoms. The van der Waals surface area contributed by atoms with Gasteiger partial charge in [0.25, 0.3) is 0 Å². The Morgan fingerprint density at radius 3 is 2.76 bits per heavy atom. The summed E-state index contributed by atoms with van der Waals surface area (Å²) in [6, 6.07) is -1.50. The second-order valence-electron chi connectivity index (χ2n) is 4.68.